The van der Waals surface area contributed by atoms with E-state index in [0.29, 0.717) is 12.3 Å². The fourth-order valence-corrected chi connectivity index (χ4v) is 1.76. The Kier molecular flexibility index (Phi) is 1.97. The number of nitrogens with zero attached hydrogens (tertiary/aromatic N) is 1. The lowest BCUT2D eigenvalue weighted by molar-refractivity contribution is 0.477. The molecule has 3 heteroatoms. The summed E-state index contributed by atoms with van der Waals surface area (Å²) in [4.78, 5) is 0. The first-order chi connectivity index (χ1) is 6.65. The molecule has 1 aromatic carbocycles. The van der Waals surface area contributed by atoms with Crippen molar-refractivity contribution in [3.05, 3.63) is 29.5 Å². The molecule has 0 saturated carbocycles. The Morgan fingerprint density at radius 2 is 2.14 bits per heavy atom. The van der Waals surface area contributed by atoms with Crippen LogP contribution in [0.5, 0.6) is 5.75 Å². The van der Waals surface area contributed by atoms with Crippen molar-refractivity contribution in [2.45, 2.75) is 13.5 Å². The first-order valence-electron chi connectivity index (χ1n) is 4.62. The van der Waals surface area contributed by atoms with Crippen LogP contribution >= 0.6 is 0 Å². The normalized spacial score (nSPS) is 11.1. The van der Waals surface area contributed by atoms with Gasteiger partial charge in [-0.05, 0) is 24.6 Å². The molecule has 74 valence electrons. The molecule has 1 heterocycles. The van der Waals surface area contributed by atoms with Gasteiger partial charge in [0.15, 0.2) is 0 Å². The van der Waals surface area contributed by atoms with Gasteiger partial charge in [-0.1, -0.05) is 6.07 Å². The lowest BCUT2D eigenvalue weighted by Crippen LogP contribution is -2.02. The van der Waals surface area contributed by atoms with Crippen molar-refractivity contribution in [3.63, 3.8) is 0 Å². The first kappa shape index (κ1) is 9.09. The SMILES string of the molecule is Cc1ccc2c(cc(CN)n2C)c1O. The van der Waals surface area contributed by atoms with Crippen LogP contribution in [0.2, 0.25) is 0 Å². The molecule has 2 rings (SSSR count). The van der Waals surface area contributed by atoms with Gasteiger partial charge < -0.3 is 15.4 Å². The number of nitrogens with two attached hydrogens (primary N) is 1. The molecule has 0 saturated heterocycles. The summed E-state index contributed by atoms with van der Waals surface area (Å²) in [6.45, 7) is 2.38. The summed E-state index contributed by atoms with van der Waals surface area (Å²) in [5, 5.41) is 10.7. The molecule has 0 aliphatic carbocycles. The van der Waals surface area contributed by atoms with E-state index in [1.54, 1.807) is 0 Å². The van der Waals surface area contributed by atoms with Gasteiger partial charge in [-0.15, -0.1) is 0 Å². The predicted octanol–water partition coefficient (Wildman–Crippen LogP) is 1.65. The van der Waals surface area contributed by atoms with Crippen LogP contribution in [-0.4, -0.2) is 9.67 Å². The van der Waals surface area contributed by atoms with Crippen LogP contribution in [0.25, 0.3) is 10.9 Å². The number of aryl methyl sites for hydroxylation is 2. The van der Waals surface area contributed by atoms with Crippen LogP contribution in [0.4, 0.5) is 0 Å². The van der Waals surface area contributed by atoms with E-state index in [1.165, 1.54) is 0 Å². The maximum Gasteiger partial charge on any atom is 0.127 e. The number of hydrogen-bond donors (Lipinski definition) is 2. The quantitative estimate of drug-likeness (QED) is 0.718. The van der Waals surface area contributed by atoms with E-state index in [1.807, 2.05) is 36.7 Å². The highest BCUT2D eigenvalue weighted by Crippen LogP contribution is 2.30. The van der Waals surface area contributed by atoms with Crippen molar-refractivity contribution in [1.29, 1.82) is 0 Å². The Bertz CT molecular complexity index is 485. The number of aromatic hydroxyl groups is 1. The summed E-state index contributed by atoms with van der Waals surface area (Å²) in [5.41, 5.74) is 8.55. The van der Waals surface area contributed by atoms with Gasteiger partial charge in [-0.3, -0.25) is 0 Å². The highest BCUT2D eigenvalue weighted by atomic mass is 16.3. The average Bonchev–Trinajstić information content (AvgIpc) is 2.50. The molecular formula is C11H14N2O. The number of benzene rings is 1. The third-order valence-corrected chi connectivity index (χ3v) is 2.71. The van der Waals surface area contributed by atoms with Crippen molar-refractivity contribution in [2.75, 3.05) is 0 Å². The summed E-state index contributed by atoms with van der Waals surface area (Å²) in [7, 11) is 1.96. The molecule has 0 spiro atoms. The van der Waals surface area contributed by atoms with Crippen molar-refractivity contribution in [3.8, 4) is 5.75 Å². The third-order valence-electron chi connectivity index (χ3n) is 2.71. The molecular weight excluding hydrogens is 176 g/mol. The lowest BCUT2D eigenvalue weighted by Gasteiger charge is -2.02. The molecule has 0 aliphatic rings. The van der Waals surface area contributed by atoms with Crippen LogP contribution in [0, 0.1) is 6.92 Å². The summed E-state index contributed by atoms with van der Waals surface area (Å²) in [6, 6.07) is 5.86. The van der Waals surface area contributed by atoms with Crippen LogP contribution in [0.1, 0.15) is 11.3 Å². The summed E-state index contributed by atoms with van der Waals surface area (Å²) in [5.74, 6) is 0.359. The van der Waals surface area contributed by atoms with E-state index in [2.05, 4.69) is 0 Å². The van der Waals surface area contributed by atoms with Crippen LogP contribution < -0.4 is 5.73 Å². The predicted molar refractivity (Wildman–Crippen MR) is 57.2 cm³/mol. The second-order valence-electron chi connectivity index (χ2n) is 3.56. The summed E-state index contributed by atoms with van der Waals surface area (Å²) in [6.07, 6.45) is 0. The molecule has 0 unspecified atom stereocenters. The topological polar surface area (TPSA) is 51.2 Å². The van der Waals surface area contributed by atoms with Crippen LogP contribution in [0.3, 0.4) is 0 Å². The van der Waals surface area contributed by atoms with Crippen LogP contribution in [0.15, 0.2) is 18.2 Å². The largest absolute Gasteiger partial charge is 0.507 e. The number of fused-ring (bicyclic) bond motifs is 1. The number of phenols is 1. The highest BCUT2D eigenvalue weighted by molar-refractivity contribution is 5.88. The van der Waals surface area contributed by atoms with Gasteiger partial charge in [0.2, 0.25) is 0 Å². The zero-order valence-electron chi connectivity index (χ0n) is 8.41. The summed E-state index contributed by atoms with van der Waals surface area (Å²) < 4.78 is 2.01. The van der Waals surface area contributed by atoms with E-state index in [9.17, 15) is 5.11 Å². The maximum absolute atomic E-state index is 9.84. The van der Waals surface area contributed by atoms with E-state index in [4.69, 9.17) is 5.73 Å². The second-order valence-corrected chi connectivity index (χ2v) is 3.56. The van der Waals surface area contributed by atoms with Crippen molar-refractivity contribution in [1.82, 2.24) is 4.57 Å². The third kappa shape index (κ3) is 1.09. The number of hydrogen-bond acceptors (Lipinski definition) is 2. The van der Waals surface area contributed by atoms with E-state index in [-0.39, 0.29) is 0 Å². The molecule has 0 radical (unpaired) electrons. The molecule has 3 N–H and O–H groups in total. The molecule has 0 atom stereocenters. The van der Waals surface area contributed by atoms with Gasteiger partial charge >= 0.3 is 0 Å². The van der Waals surface area contributed by atoms with Gasteiger partial charge in [0.05, 0.1) is 5.52 Å². The van der Waals surface area contributed by atoms with Crippen molar-refractivity contribution < 1.29 is 5.11 Å². The monoisotopic (exact) mass is 190 g/mol. The molecule has 3 nitrogen and oxygen atoms in total. The zero-order valence-corrected chi connectivity index (χ0v) is 8.41. The molecule has 0 bridgehead atoms. The Hall–Kier alpha value is -1.48. The first-order valence-corrected chi connectivity index (χ1v) is 4.62. The molecule has 0 amide bonds. The second kappa shape index (κ2) is 3.03. The average molecular weight is 190 g/mol. The Labute approximate surface area is 82.8 Å². The fourth-order valence-electron chi connectivity index (χ4n) is 1.76. The standard InChI is InChI=1S/C11H14N2O/c1-7-3-4-10-9(11(7)14)5-8(6-12)13(10)2/h3-5,14H,6,12H2,1-2H3. The molecule has 14 heavy (non-hydrogen) atoms. The van der Waals surface area contributed by atoms with Gasteiger partial charge in [-0.25, -0.2) is 0 Å². The number of phenolic OH excluding ortho intramolecular Hbond substituents is 1. The maximum atomic E-state index is 9.84. The summed E-state index contributed by atoms with van der Waals surface area (Å²) >= 11 is 0. The molecule has 1 aromatic heterocycles. The zero-order chi connectivity index (χ0) is 10.3. The fraction of sp³-hybridized carbons (Fsp3) is 0.273. The minimum atomic E-state index is 0.359. The molecule has 2 aromatic rings. The van der Waals surface area contributed by atoms with E-state index < -0.39 is 0 Å². The van der Waals surface area contributed by atoms with Crippen LogP contribution in [-0.2, 0) is 13.6 Å². The van der Waals surface area contributed by atoms with Crippen molar-refractivity contribution in [2.24, 2.45) is 12.8 Å². The van der Waals surface area contributed by atoms with Gasteiger partial charge in [-0.2, -0.15) is 0 Å². The Morgan fingerprint density at radius 3 is 2.79 bits per heavy atom. The van der Waals surface area contributed by atoms with E-state index >= 15 is 0 Å². The molecule has 0 fully saturated rings. The Morgan fingerprint density at radius 1 is 1.43 bits per heavy atom. The molecule has 0 aliphatic heterocycles. The minimum absolute atomic E-state index is 0.359. The highest BCUT2D eigenvalue weighted by Gasteiger charge is 2.09. The number of rotatable bonds is 1. The number of aromatic nitrogens is 1. The van der Waals surface area contributed by atoms with Crippen molar-refractivity contribution >= 4 is 10.9 Å². The van der Waals surface area contributed by atoms with Gasteiger partial charge in [0.25, 0.3) is 0 Å². The lowest BCUT2D eigenvalue weighted by atomic mass is 10.1. The van der Waals surface area contributed by atoms with Gasteiger partial charge in [0.1, 0.15) is 5.75 Å². The Balaban J connectivity index is 2.85. The van der Waals surface area contributed by atoms with Gasteiger partial charge in [0, 0.05) is 24.7 Å². The minimum Gasteiger partial charge on any atom is -0.507 e. The smallest absolute Gasteiger partial charge is 0.127 e. The van der Waals surface area contributed by atoms with E-state index in [0.717, 1.165) is 22.2 Å².